The second kappa shape index (κ2) is 4.97. The summed E-state index contributed by atoms with van der Waals surface area (Å²) in [5.41, 5.74) is 6.70. The van der Waals surface area contributed by atoms with Gasteiger partial charge in [0.05, 0.1) is 18.4 Å². The Kier molecular flexibility index (Phi) is 3.38. The zero-order chi connectivity index (χ0) is 13.1. The summed E-state index contributed by atoms with van der Waals surface area (Å²) in [5.74, 6) is 0.147. The third-order valence-corrected chi connectivity index (χ3v) is 2.62. The number of aromatic nitrogens is 2. The van der Waals surface area contributed by atoms with Gasteiger partial charge in [-0.2, -0.15) is 0 Å². The van der Waals surface area contributed by atoms with Gasteiger partial charge in [0.15, 0.2) is 0 Å². The van der Waals surface area contributed by atoms with Crippen molar-refractivity contribution in [2.45, 2.75) is 0 Å². The lowest BCUT2D eigenvalue weighted by Crippen LogP contribution is -2.15. The first-order valence-corrected chi connectivity index (χ1v) is 5.56. The van der Waals surface area contributed by atoms with Gasteiger partial charge in [-0.3, -0.25) is 4.57 Å². The van der Waals surface area contributed by atoms with Crippen LogP contribution in [0.2, 0.25) is 0 Å². The molecular weight excluding hydrogens is 250 g/mol. The van der Waals surface area contributed by atoms with Crippen LogP contribution in [0.4, 0.5) is 0 Å². The van der Waals surface area contributed by atoms with Crippen LogP contribution in [0.5, 0.6) is 0 Å². The summed E-state index contributed by atoms with van der Waals surface area (Å²) in [5, 5.41) is 0. The fourth-order valence-corrected chi connectivity index (χ4v) is 1.74. The first kappa shape index (κ1) is 12.3. The highest BCUT2D eigenvalue weighted by Crippen LogP contribution is 2.12. The fourth-order valence-electron chi connectivity index (χ4n) is 1.58. The number of rotatable bonds is 3. The van der Waals surface area contributed by atoms with Gasteiger partial charge in [0.25, 0.3) is 0 Å². The van der Waals surface area contributed by atoms with Crippen molar-refractivity contribution < 1.29 is 9.53 Å². The molecule has 0 atom stereocenters. The van der Waals surface area contributed by atoms with Crippen molar-refractivity contribution in [3.63, 3.8) is 0 Å². The van der Waals surface area contributed by atoms with E-state index < -0.39 is 5.97 Å². The zero-order valence-electron chi connectivity index (χ0n) is 9.66. The van der Waals surface area contributed by atoms with E-state index in [1.807, 2.05) is 0 Å². The molecule has 2 aromatic heterocycles. The number of methoxy groups -OCH3 is 1. The number of pyridine rings is 1. The molecule has 0 aliphatic heterocycles. The van der Waals surface area contributed by atoms with Crippen LogP contribution in [-0.2, 0) is 4.74 Å². The van der Waals surface area contributed by atoms with E-state index >= 15 is 0 Å². The molecule has 92 valence electrons. The fraction of sp³-hybridized carbons (Fsp3) is 0.0833. The standard InChI is InChI=1S/C12H11N3O2S/c1-17-12(16)8-4-5-14-10(7-8)15-6-2-3-9(15)11(13)18/h2-7H,1H3,(H2,13,18). The number of hydrogen-bond donors (Lipinski definition) is 1. The Morgan fingerprint density at radius 1 is 1.50 bits per heavy atom. The number of nitrogens with zero attached hydrogens (tertiary/aromatic N) is 2. The summed E-state index contributed by atoms with van der Waals surface area (Å²) in [4.78, 5) is 15.9. The van der Waals surface area contributed by atoms with Gasteiger partial charge in [-0.05, 0) is 24.3 Å². The second-order valence-electron chi connectivity index (χ2n) is 3.52. The Morgan fingerprint density at radius 3 is 2.94 bits per heavy atom. The Bertz CT molecular complexity index is 607. The normalized spacial score (nSPS) is 10.1. The maximum atomic E-state index is 11.4. The number of thiocarbonyl (C=S) groups is 1. The smallest absolute Gasteiger partial charge is 0.338 e. The molecule has 0 aliphatic carbocycles. The number of carbonyl (C=O) groups excluding carboxylic acids is 1. The predicted octanol–water partition coefficient (Wildman–Crippen LogP) is 1.29. The first-order valence-electron chi connectivity index (χ1n) is 5.15. The van der Waals surface area contributed by atoms with Crippen molar-refractivity contribution in [2.75, 3.05) is 7.11 Å². The lowest BCUT2D eigenvalue weighted by molar-refractivity contribution is 0.0600. The summed E-state index contributed by atoms with van der Waals surface area (Å²) < 4.78 is 6.38. The Morgan fingerprint density at radius 2 is 2.28 bits per heavy atom. The lowest BCUT2D eigenvalue weighted by Gasteiger charge is -2.08. The highest BCUT2D eigenvalue weighted by Gasteiger charge is 2.10. The molecular formula is C12H11N3O2S. The summed E-state index contributed by atoms with van der Waals surface area (Å²) in [6.45, 7) is 0. The van der Waals surface area contributed by atoms with E-state index in [-0.39, 0.29) is 4.99 Å². The maximum Gasteiger partial charge on any atom is 0.338 e. The van der Waals surface area contributed by atoms with Gasteiger partial charge in [0, 0.05) is 12.4 Å². The number of esters is 1. The highest BCUT2D eigenvalue weighted by molar-refractivity contribution is 7.80. The molecule has 0 fully saturated rings. The van der Waals surface area contributed by atoms with Crippen LogP contribution in [-0.4, -0.2) is 27.6 Å². The van der Waals surface area contributed by atoms with Gasteiger partial charge in [-0.25, -0.2) is 9.78 Å². The van der Waals surface area contributed by atoms with Crippen molar-refractivity contribution in [1.29, 1.82) is 0 Å². The molecule has 2 rings (SSSR count). The molecule has 18 heavy (non-hydrogen) atoms. The van der Waals surface area contributed by atoms with Gasteiger partial charge in [0.1, 0.15) is 10.8 Å². The van der Waals surface area contributed by atoms with Gasteiger partial charge >= 0.3 is 5.97 Å². The van der Waals surface area contributed by atoms with Crippen molar-refractivity contribution in [3.05, 3.63) is 47.9 Å². The number of hydrogen-bond acceptors (Lipinski definition) is 4. The maximum absolute atomic E-state index is 11.4. The minimum Gasteiger partial charge on any atom is -0.465 e. The van der Waals surface area contributed by atoms with Crippen LogP contribution < -0.4 is 5.73 Å². The van der Waals surface area contributed by atoms with Crippen molar-refractivity contribution in [2.24, 2.45) is 5.73 Å². The molecule has 2 aromatic rings. The Labute approximate surface area is 109 Å². The van der Waals surface area contributed by atoms with Crippen LogP contribution in [0.25, 0.3) is 5.82 Å². The average molecular weight is 261 g/mol. The summed E-state index contributed by atoms with van der Waals surface area (Å²) in [6.07, 6.45) is 3.31. The molecule has 0 bridgehead atoms. The minimum atomic E-state index is -0.414. The van der Waals surface area contributed by atoms with E-state index in [4.69, 9.17) is 18.0 Å². The van der Waals surface area contributed by atoms with E-state index in [1.165, 1.54) is 13.3 Å². The molecule has 0 amide bonds. The van der Waals surface area contributed by atoms with Crippen LogP contribution in [0.15, 0.2) is 36.7 Å². The van der Waals surface area contributed by atoms with Crippen molar-refractivity contribution >= 4 is 23.2 Å². The van der Waals surface area contributed by atoms with Crippen molar-refractivity contribution in [1.82, 2.24) is 9.55 Å². The molecule has 0 spiro atoms. The minimum absolute atomic E-state index is 0.269. The predicted molar refractivity (Wildman–Crippen MR) is 70.8 cm³/mol. The number of ether oxygens (including phenoxy) is 1. The molecule has 5 nitrogen and oxygen atoms in total. The Balaban J connectivity index is 2.48. The van der Waals surface area contributed by atoms with Crippen LogP contribution in [0.3, 0.4) is 0 Å². The zero-order valence-corrected chi connectivity index (χ0v) is 10.5. The SMILES string of the molecule is COC(=O)c1ccnc(-n2cccc2C(N)=S)c1. The summed E-state index contributed by atoms with van der Waals surface area (Å²) in [7, 11) is 1.33. The van der Waals surface area contributed by atoms with E-state index in [2.05, 4.69) is 9.72 Å². The molecule has 6 heteroatoms. The largest absolute Gasteiger partial charge is 0.465 e. The second-order valence-corrected chi connectivity index (χ2v) is 3.96. The monoisotopic (exact) mass is 261 g/mol. The molecule has 0 saturated heterocycles. The average Bonchev–Trinajstić information content (AvgIpc) is 2.87. The first-order chi connectivity index (χ1) is 8.63. The molecule has 2 heterocycles. The van der Waals surface area contributed by atoms with E-state index in [1.54, 1.807) is 35.0 Å². The molecule has 0 aliphatic rings. The van der Waals surface area contributed by atoms with Crippen LogP contribution in [0.1, 0.15) is 16.1 Å². The van der Waals surface area contributed by atoms with E-state index in [0.717, 1.165) is 0 Å². The van der Waals surface area contributed by atoms with Gasteiger partial charge in [-0.1, -0.05) is 12.2 Å². The van der Waals surface area contributed by atoms with Gasteiger partial charge in [-0.15, -0.1) is 0 Å². The molecule has 2 N–H and O–H groups in total. The third kappa shape index (κ3) is 2.23. The summed E-state index contributed by atoms with van der Waals surface area (Å²) >= 11 is 4.95. The van der Waals surface area contributed by atoms with Gasteiger partial charge in [0.2, 0.25) is 0 Å². The summed E-state index contributed by atoms with van der Waals surface area (Å²) in [6, 6.07) is 6.79. The quantitative estimate of drug-likeness (QED) is 0.666. The molecule has 0 saturated carbocycles. The van der Waals surface area contributed by atoms with Crippen LogP contribution >= 0.6 is 12.2 Å². The lowest BCUT2D eigenvalue weighted by atomic mass is 10.2. The molecule has 0 radical (unpaired) electrons. The highest BCUT2D eigenvalue weighted by atomic mass is 32.1. The number of nitrogens with two attached hydrogens (primary N) is 1. The number of carbonyl (C=O) groups is 1. The van der Waals surface area contributed by atoms with Crippen molar-refractivity contribution in [3.8, 4) is 5.82 Å². The topological polar surface area (TPSA) is 70.1 Å². The Hall–Kier alpha value is -2.21. The van der Waals surface area contributed by atoms with Gasteiger partial charge < -0.3 is 10.5 Å². The molecule has 0 aromatic carbocycles. The van der Waals surface area contributed by atoms with E-state index in [9.17, 15) is 4.79 Å². The van der Waals surface area contributed by atoms with E-state index in [0.29, 0.717) is 17.1 Å². The third-order valence-electron chi connectivity index (χ3n) is 2.41. The van der Waals surface area contributed by atoms with Crippen LogP contribution in [0, 0.1) is 0 Å². The molecule has 0 unspecified atom stereocenters.